The summed E-state index contributed by atoms with van der Waals surface area (Å²) >= 11 is 0. The third kappa shape index (κ3) is 3.21. The van der Waals surface area contributed by atoms with Gasteiger partial charge in [-0.25, -0.2) is 0 Å². The second kappa shape index (κ2) is 5.67. The van der Waals surface area contributed by atoms with E-state index in [0.717, 1.165) is 6.42 Å². The Hall–Kier alpha value is -0.560. The van der Waals surface area contributed by atoms with Crippen molar-refractivity contribution in [1.29, 1.82) is 0 Å². The Kier molecular flexibility index (Phi) is 4.79. The molecule has 0 heterocycles. The zero-order valence-corrected chi connectivity index (χ0v) is 11.3. The average Bonchev–Trinajstić information content (AvgIpc) is 2.17. The molecule has 0 bridgehead atoms. The molecule has 0 aromatic rings. The fraction of sp³-hybridized carbons (Fsp3) is 0.733. The molecule has 1 rings (SSSR count). The molecule has 0 spiro atoms. The number of hydrogen-bond donors (Lipinski definition) is 1. The van der Waals surface area contributed by atoms with Gasteiger partial charge in [-0.3, -0.25) is 0 Å². The Labute approximate surface area is 100 Å². The molecule has 1 aliphatic carbocycles. The van der Waals surface area contributed by atoms with Crippen molar-refractivity contribution in [2.24, 2.45) is 5.41 Å². The van der Waals surface area contributed by atoms with Gasteiger partial charge in [0.2, 0.25) is 0 Å². The number of rotatable bonds is 4. The van der Waals surface area contributed by atoms with Crippen LogP contribution in [0.5, 0.6) is 0 Å². The van der Waals surface area contributed by atoms with Crippen molar-refractivity contribution >= 4 is 0 Å². The zero-order valence-electron chi connectivity index (χ0n) is 11.3. The maximum Gasteiger partial charge on any atom is 0.0649 e. The van der Waals surface area contributed by atoms with Gasteiger partial charge in [-0.1, -0.05) is 24.1 Å². The van der Waals surface area contributed by atoms with Gasteiger partial charge in [0.25, 0.3) is 0 Å². The molecule has 1 atom stereocenters. The number of aliphatic hydroxyl groups excluding tert-OH is 1. The first-order valence-electron chi connectivity index (χ1n) is 6.43. The summed E-state index contributed by atoms with van der Waals surface area (Å²) in [5, 5.41) is 9.53. The summed E-state index contributed by atoms with van der Waals surface area (Å²) in [5.41, 5.74) is 4.36. The molecule has 0 aromatic carbocycles. The molecule has 1 N–H and O–H groups in total. The van der Waals surface area contributed by atoms with Crippen molar-refractivity contribution < 1.29 is 5.11 Å². The first kappa shape index (κ1) is 13.5. The quantitative estimate of drug-likeness (QED) is 0.706. The lowest BCUT2D eigenvalue weighted by molar-refractivity contribution is 0.237. The zero-order chi connectivity index (χ0) is 12.2. The summed E-state index contributed by atoms with van der Waals surface area (Å²) in [4.78, 5) is 0. The number of allylic oxidation sites excluding steroid dienone is 3. The molecule has 1 heteroatoms. The van der Waals surface area contributed by atoms with Crippen LogP contribution in [-0.2, 0) is 0 Å². The molecule has 0 aliphatic heterocycles. The highest BCUT2D eigenvalue weighted by molar-refractivity contribution is 5.23. The van der Waals surface area contributed by atoms with Crippen molar-refractivity contribution in [3.63, 3.8) is 0 Å². The Morgan fingerprint density at radius 3 is 2.69 bits per heavy atom. The molecule has 1 aliphatic rings. The molecule has 0 amide bonds. The van der Waals surface area contributed by atoms with E-state index in [1.807, 2.05) is 0 Å². The molecule has 92 valence electrons. The van der Waals surface area contributed by atoms with E-state index >= 15 is 0 Å². The first-order chi connectivity index (χ1) is 7.49. The maximum absolute atomic E-state index is 9.53. The van der Waals surface area contributed by atoms with Gasteiger partial charge in [0.1, 0.15) is 0 Å². The van der Waals surface area contributed by atoms with Crippen LogP contribution in [0, 0.1) is 5.41 Å². The van der Waals surface area contributed by atoms with Crippen LogP contribution in [-0.4, -0.2) is 11.7 Å². The Morgan fingerprint density at radius 2 is 2.12 bits per heavy atom. The molecule has 0 saturated carbocycles. The second-order valence-electron chi connectivity index (χ2n) is 5.65. The molecular weight excluding hydrogens is 196 g/mol. The lowest BCUT2D eigenvalue weighted by Gasteiger charge is -2.37. The van der Waals surface area contributed by atoms with Crippen LogP contribution in [0.2, 0.25) is 0 Å². The fourth-order valence-electron chi connectivity index (χ4n) is 2.84. The normalized spacial score (nSPS) is 25.8. The predicted molar refractivity (Wildman–Crippen MR) is 70.4 cm³/mol. The van der Waals surface area contributed by atoms with Crippen molar-refractivity contribution in [1.82, 2.24) is 0 Å². The minimum atomic E-state index is 0.239. The Balaban J connectivity index is 2.74. The lowest BCUT2D eigenvalue weighted by atomic mass is 9.69. The van der Waals surface area contributed by atoms with Gasteiger partial charge in [0.15, 0.2) is 0 Å². The van der Waals surface area contributed by atoms with E-state index in [4.69, 9.17) is 0 Å². The van der Waals surface area contributed by atoms with Crippen LogP contribution in [0.1, 0.15) is 59.8 Å². The molecule has 1 nitrogen and oxygen atoms in total. The highest BCUT2D eigenvalue weighted by Crippen LogP contribution is 2.43. The molecule has 1 unspecified atom stereocenters. The molecule has 0 saturated heterocycles. The monoisotopic (exact) mass is 222 g/mol. The number of hydrogen-bond acceptors (Lipinski definition) is 1. The predicted octanol–water partition coefficient (Wildman–Crippen LogP) is 4.23. The van der Waals surface area contributed by atoms with E-state index in [1.165, 1.54) is 42.4 Å². The van der Waals surface area contributed by atoms with Crippen molar-refractivity contribution in [3.05, 3.63) is 22.8 Å². The minimum Gasteiger partial charge on any atom is -0.392 e. The number of aliphatic hydroxyl groups is 1. The van der Waals surface area contributed by atoms with Crippen LogP contribution >= 0.6 is 0 Å². The Morgan fingerprint density at radius 1 is 1.44 bits per heavy atom. The van der Waals surface area contributed by atoms with Gasteiger partial charge in [-0.05, 0) is 63.9 Å². The van der Waals surface area contributed by atoms with E-state index in [0.29, 0.717) is 0 Å². The van der Waals surface area contributed by atoms with Gasteiger partial charge in [-0.15, -0.1) is 0 Å². The summed E-state index contributed by atoms with van der Waals surface area (Å²) in [7, 11) is 0. The standard InChI is InChI=1S/C15H26O/c1-12(2)7-5-9-15(4)10-6-8-13(3)14(15)11-16/h7,16H,5-6,8-11H2,1-4H3. The summed E-state index contributed by atoms with van der Waals surface area (Å²) in [6, 6.07) is 0. The van der Waals surface area contributed by atoms with Crippen molar-refractivity contribution in [3.8, 4) is 0 Å². The third-order valence-corrected chi connectivity index (χ3v) is 3.93. The van der Waals surface area contributed by atoms with Gasteiger partial charge in [0, 0.05) is 0 Å². The largest absolute Gasteiger partial charge is 0.392 e. The summed E-state index contributed by atoms with van der Waals surface area (Å²) < 4.78 is 0. The average molecular weight is 222 g/mol. The Bertz CT molecular complexity index is 295. The van der Waals surface area contributed by atoms with Crippen LogP contribution < -0.4 is 0 Å². The molecule has 0 radical (unpaired) electrons. The van der Waals surface area contributed by atoms with Gasteiger partial charge < -0.3 is 5.11 Å². The minimum absolute atomic E-state index is 0.239. The van der Waals surface area contributed by atoms with E-state index in [9.17, 15) is 5.11 Å². The summed E-state index contributed by atoms with van der Waals surface area (Å²) in [5.74, 6) is 0. The maximum atomic E-state index is 9.53. The fourth-order valence-corrected chi connectivity index (χ4v) is 2.84. The van der Waals surface area contributed by atoms with Gasteiger partial charge in [-0.2, -0.15) is 0 Å². The second-order valence-corrected chi connectivity index (χ2v) is 5.65. The molecular formula is C15H26O. The van der Waals surface area contributed by atoms with Crippen LogP contribution in [0.15, 0.2) is 22.8 Å². The topological polar surface area (TPSA) is 20.2 Å². The summed E-state index contributed by atoms with van der Waals surface area (Å²) in [6.07, 6.45) is 8.30. The molecule has 0 fully saturated rings. The highest BCUT2D eigenvalue weighted by atomic mass is 16.3. The van der Waals surface area contributed by atoms with Crippen LogP contribution in [0.4, 0.5) is 0 Å². The lowest BCUT2D eigenvalue weighted by Crippen LogP contribution is -2.26. The van der Waals surface area contributed by atoms with E-state index in [2.05, 4.69) is 33.8 Å². The van der Waals surface area contributed by atoms with E-state index in [-0.39, 0.29) is 12.0 Å². The SMILES string of the molecule is CC(C)=CCCC1(C)CCCC(C)=C1CO. The van der Waals surface area contributed by atoms with E-state index in [1.54, 1.807) is 0 Å². The summed E-state index contributed by atoms with van der Waals surface area (Å²) in [6.45, 7) is 9.05. The van der Waals surface area contributed by atoms with Crippen LogP contribution in [0.25, 0.3) is 0 Å². The smallest absolute Gasteiger partial charge is 0.0649 e. The first-order valence-corrected chi connectivity index (χ1v) is 6.43. The third-order valence-electron chi connectivity index (χ3n) is 3.93. The van der Waals surface area contributed by atoms with Crippen molar-refractivity contribution in [2.75, 3.05) is 6.61 Å². The van der Waals surface area contributed by atoms with E-state index < -0.39 is 0 Å². The van der Waals surface area contributed by atoms with Gasteiger partial charge in [0.05, 0.1) is 6.61 Å². The highest BCUT2D eigenvalue weighted by Gasteiger charge is 2.31. The van der Waals surface area contributed by atoms with Gasteiger partial charge >= 0.3 is 0 Å². The van der Waals surface area contributed by atoms with Crippen molar-refractivity contribution in [2.45, 2.75) is 59.8 Å². The molecule has 16 heavy (non-hydrogen) atoms. The van der Waals surface area contributed by atoms with Crippen LogP contribution in [0.3, 0.4) is 0 Å². The molecule has 0 aromatic heterocycles.